The minimum Gasteiger partial charge on any atom is -0.444 e. The number of amides is 1. The molecule has 0 heterocycles. The lowest BCUT2D eigenvalue weighted by molar-refractivity contribution is 0.0508. The van der Waals surface area contributed by atoms with Crippen LogP contribution in [0.1, 0.15) is 44.9 Å². The Morgan fingerprint density at radius 2 is 2.00 bits per heavy atom. The molecular weight excluding hydrogens is 294 g/mol. The Bertz CT molecular complexity index is 438. The molecule has 0 saturated carbocycles. The lowest BCUT2D eigenvalue weighted by Gasteiger charge is -2.22. The molecule has 0 fully saturated rings. The van der Waals surface area contributed by atoms with E-state index >= 15 is 0 Å². The number of nitrogens with one attached hydrogen (secondary N) is 1. The molecule has 0 saturated heterocycles. The monoisotopic (exact) mass is 313 g/mol. The first-order chi connectivity index (χ1) is 8.19. The van der Waals surface area contributed by atoms with Crippen molar-refractivity contribution in [3.05, 3.63) is 33.8 Å². The molecule has 0 bridgehead atoms. The molecule has 1 rings (SSSR count). The maximum absolute atomic E-state index is 11.7. The van der Waals surface area contributed by atoms with Crippen molar-refractivity contribution in [1.82, 2.24) is 5.32 Å². The summed E-state index contributed by atoms with van der Waals surface area (Å²) in [5.74, 6) is 0. The Morgan fingerprint density at radius 1 is 1.39 bits per heavy atom. The molecule has 1 aromatic rings. The molecule has 1 aromatic carbocycles. The number of benzene rings is 1. The zero-order chi connectivity index (χ0) is 13.9. The van der Waals surface area contributed by atoms with Crippen LogP contribution in [-0.2, 0) is 4.74 Å². The third kappa shape index (κ3) is 4.69. The van der Waals surface area contributed by atoms with Crippen LogP contribution in [0.3, 0.4) is 0 Å². The van der Waals surface area contributed by atoms with E-state index in [1.54, 1.807) is 0 Å². The van der Waals surface area contributed by atoms with Crippen molar-refractivity contribution in [2.24, 2.45) is 0 Å². The van der Waals surface area contributed by atoms with Crippen LogP contribution < -0.4 is 5.32 Å². The van der Waals surface area contributed by atoms with Gasteiger partial charge in [-0.3, -0.25) is 0 Å². The zero-order valence-corrected chi connectivity index (χ0v) is 13.1. The second-order valence-electron chi connectivity index (χ2n) is 5.39. The lowest BCUT2D eigenvalue weighted by atomic mass is 10.1. The van der Waals surface area contributed by atoms with E-state index in [2.05, 4.69) is 21.2 Å². The van der Waals surface area contributed by atoms with Crippen LogP contribution >= 0.6 is 15.9 Å². The van der Waals surface area contributed by atoms with Crippen molar-refractivity contribution >= 4 is 22.0 Å². The summed E-state index contributed by atoms with van der Waals surface area (Å²) in [6.07, 6.45) is -0.400. The van der Waals surface area contributed by atoms with Gasteiger partial charge in [0, 0.05) is 4.47 Å². The molecule has 0 aliphatic carbocycles. The topological polar surface area (TPSA) is 38.3 Å². The summed E-state index contributed by atoms with van der Waals surface area (Å²) in [6.45, 7) is 9.50. The van der Waals surface area contributed by atoms with Gasteiger partial charge in [-0.2, -0.15) is 0 Å². The van der Waals surface area contributed by atoms with Gasteiger partial charge in [0.2, 0.25) is 0 Å². The first-order valence-corrected chi connectivity index (χ1v) is 6.74. The van der Waals surface area contributed by atoms with Gasteiger partial charge < -0.3 is 10.1 Å². The van der Waals surface area contributed by atoms with Crippen molar-refractivity contribution in [3.8, 4) is 0 Å². The highest BCUT2D eigenvalue weighted by Gasteiger charge is 2.19. The summed E-state index contributed by atoms with van der Waals surface area (Å²) in [4.78, 5) is 11.7. The van der Waals surface area contributed by atoms with Gasteiger partial charge >= 0.3 is 6.09 Å². The molecule has 1 atom stereocenters. The van der Waals surface area contributed by atoms with Crippen LogP contribution in [0.25, 0.3) is 0 Å². The zero-order valence-electron chi connectivity index (χ0n) is 11.5. The Labute approximate surface area is 117 Å². The molecular formula is C14H20BrNO2. The van der Waals surface area contributed by atoms with E-state index in [1.165, 1.54) is 5.56 Å². The van der Waals surface area contributed by atoms with Crippen LogP contribution in [0.15, 0.2) is 22.7 Å². The van der Waals surface area contributed by atoms with E-state index in [4.69, 9.17) is 4.74 Å². The molecule has 3 nitrogen and oxygen atoms in total. The molecule has 1 amide bonds. The summed E-state index contributed by atoms with van der Waals surface area (Å²) in [7, 11) is 0. The van der Waals surface area contributed by atoms with Gasteiger partial charge in [-0.15, -0.1) is 0 Å². The van der Waals surface area contributed by atoms with E-state index in [0.717, 1.165) is 10.0 Å². The molecule has 4 heteroatoms. The normalized spacial score (nSPS) is 13.0. The first-order valence-electron chi connectivity index (χ1n) is 5.94. The molecule has 1 unspecified atom stereocenters. The Kier molecular flexibility index (Phi) is 4.79. The molecule has 0 radical (unpaired) electrons. The van der Waals surface area contributed by atoms with Gasteiger partial charge in [-0.05, 0) is 51.8 Å². The molecule has 0 aromatic heterocycles. The second kappa shape index (κ2) is 5.74. The standard InChI is InChI=1S/C14H20BrNO2/c1-9-6-7-11(12(15)8-9)10(2)16-13(17)18-14(3,4)5/h6-8,10H,1-5H3,(H,16,17). The number of alkyl carbamates (subject to hydrolysis) is 1. The highest BCUT2D eigenvalue weighted by atomic mass is 79.9. The SMILES string of the molecule is Cc1ccc(C(C)NC(=O)OC(C)(C)C)c(Br)c1. The number of rotatable bonds is 2. The third-order valence-corrected chi connectivity index (χ3v) is 3.04. The fourth-order valence-electron chi connectivity index (χ4n) is 1.55. The van der Waals surface area contributed by atoms with Gasteiger partial charge in [0.25, 0.3) is 0 Å². The maximum atomic E-state index is 11.7. The second-order valence-corrected chi connectivity index (χ2v) is 6.25. The average Bonchev–Trinajstić information content (AvgIpc) is 2.13. The summed E-state index contributed by atoms with van der Waals surface area (Å²) >= 11 is 3.51. The Hall–Kier alpha value is -1.03. The van der Waals surface area contributed by atoms with Gasteiger partial charge in [-0.1, -0.05) is 28.1 Å². The Balaban J connectivity index is 2.71. The van der Waals surface area contributed by atoms with Crippen molar-refractivity contribution in [2.45, 2.75) is 46.3 Å². The van der Waals surface area contributed by atoms with Gasteiger partial charge in [-0.25, -0.2) is 4.79 Å². The average molecular weight is 314 g/mol. The quantitative estimate of drug-likeness (QED) is 0.881. The molecule has 18 heavy (non-hydrogen) atoms. The summed E-state index contributed by atoms with van der Waals surface area (Å²) in [5.41, 5.74) is 1.73. The van der Waals surface area contributed by atoms with E-state index in [-0.39, 0.29) is 6.04 Å². The first kappa shape index (κ1) is 15.0. The van der Waals surface area contributed by atoms with E-state index < -0.39 is 11.7 Å². The van der Waals surface area contributed by atoms with Crippen molar-refractivity contribution in [2.75, 3.05) is 0 Å². The van der Waals surface area contributed by atoms with E-state index in [0.29, 0.717) is 0 Å². The smallest absolute Gasteiger partial charge is 0.408 e. The highest BCUT2D eigenvalue weighted by molar-refractivity contribution is 9.10. The minimum atomic E-state index is -0.478. The summed E-state index contributed by atoms with van der Waals surface area (Å²) < 4.78 is 6.22. The number of carbonyl (C=O) groups is 1. The predicted octanol–water partition coefficient (Wildman–Crippen LogP) is 4.34. The van der Waals surface area contributed by atoms with Gasteiger partial charge in [0.05, 0.1) is 6.04 Å². The van der Waals surface area contributed by atoms with E-state index in [9.17, 15) is 4.79 Å². The molecule has 0 spiro atoms. The van der Waals surface area contributed by atoms with Crippen LogP contribution in [-0.4, -0.2) is 11.7 Å². The van der Waals surface area contributed by atoms with Crippen molar-refractivity contribution < 1.29 is 9.53 Å². The van der Waals surface area contributed by atoms with Crippen LogP contribution in [0, 0.1) is 6.92 Å². The van der Waals surface area contributed by atoms with Gasteiger partial charge in [0.1, 0.15) is 5.60 Å². The van der Waals surface area contributed by atoms with Crippen LogP contribution in [0.5, 0.6) is 0 Å². The maximum Gasteiger partial charge on any atom is 0.408 e. The largest absolute Gasteiger partial charge is 0.444 e. The predicted molar refractivity (Wildman–Crippen MR) is 76.7 cm³/mol. The fraction of sp³-hybridized carbons (Fsp3) is 0.500. The van der Waals surface area contributed by atoms with Gasteiger partial charge in [0.15, 0.2) is 0 Å². The van der Waals surface area contributed by atoms with E-state index in [1.807, 2.05) is 52.8 Å². The molecule has 100 valence electrons. The number of hydrogen-bond acceptors (Lipinski definition) is 2. The number of ether oxygens (including phenoxy) is 1. The van der Waals surface area contributed by atoms with Crippen LogP contribution in [0.2, 0.25) is 0 Å². The number of aryl methyl sites for hydroxylation is 1. The summed E-state index contributed by atoms with van der Waals surface area (Å²) in [5, 5.41) is 2.82. The molecule has 0 aliphatic heterocycles. The molecule has 0 aliphatic rings. The summed E-state index contributed by atoms with van der Waals surface area (Å²) in [6, 6.07) is 5.95. The Morgan fingerprint density at radius 3 is 2.50 bits per heavy atom. The highest BCUT2D eigenvalue weighted by Crippen LogP contribution is 2.24. The minimum absolute atomic E-state index is 0.102. The number of carbonyl (C=O) groups excluding carboxylic acids is 1. The van der Waals surface area contributed by atoms with Crippen molar-refractivity contribution in [3.63, 3.8) is 0 Å². The third-order valence-electron chi connectivity index (χ3n) is 2.36. The molecule has 1 N–H and O–H groups in total. The lowest BCUT2D eigenvalue weighted by Crippen LogP contribution is -2.34. The van der Waals surface area contributed by atoms with Crippen molar-refractivity contribution in [1.29, 1.82) is 0 Å². The fourth-order valence-corrected chi connectivity index (χ4v) is 2.38. The van der Waals surface area contributed by atoms with Crippen LogP contribution in [0.4, 0.5) is 4.79 Å². The number of hydrogen-bond donors (Lipinski definition) is 1. The number of halogens is 1.